The fraction of sp³-hybridized carbons (Fsp3) is 0.577. The molecule has 3 aromatic rings. The van der Waals surface area contributed by atoms with Crippen LogP contribution in [0, 0.1) is 29.6 Å². The number of carbonyl (C=O) groups excluding carboxylic acids is 2. The largest absolute Gasteiger partial charge is 0.393 e. The summed E-state index contributed by atoms with van der Waals surface area (Å²) in [6.07, 6.45) is 2.21. The molecule has 6 rings (SSSR count). The van der Waals surface area contributed by atoms with E-state index in [1.165, 1.54) is 6.42 Å². The van der Waals surface area contributed by atoms with Crippen molar-refractivity contribution in [2.24, 2.45) is 29.6 Å². The SMILES string of the molecule is CCn1nccc1C(=O)N[C@@H](c1cn2nc(CC3C[C@@H](C(F)(F)F)CNC3=O)ccc2n1)C1C[C@@H]2C[C@@H]2C1. The summed E-state index contributed by atoms with van der Waals surface area (Å²) in [5.74, 6) is -1.26. The smallest absolute Gasteiger partial charge is 0.355 e. The van der Waals surface area contributed by atoms with Crippen molar-refractivity contribution in [2.45, 2.75) is 57.8 Å². The van der Waals surface area contributed by atoms with Gasteiger partial charge in [-0.2, -0.15) is 23.4 Å². The van der Waals surface area contributed by atoms with Crippen molar-refractivity contribution in [3.8, 4) is 0 Å². The van der Waals surface area contributed by atoms with Crippen LogP contribution < -0.4 is 10.6 Å². The number of halogens is 3. The summed E-state index contributed by atoms with van der Waals surface area (Å²) in [4.78, 5) is 30.2. The first-order valence-corrected chi connectivity index (χ1v) is 13.2. The highest BCUT2D eigenvalue weighted by Crippen LogP contribution is 2.57. The molecular formula is C26H30F3N7O2. The number of alkyl halides is 3. The van der Waals surface area contributed by atoms with E-state index in [9.17, 15) is 22.8 Å². The van der Waals surface area contributed by atoms with E-state index in [2.05, 4.69) is 20.8 Å². The van der Waals surface area contributed by atoms with Gasteiger partial charge in [-0.25, -0.2) is 9.50 Å². The van der Waals surface area contributed by atoms with E-state index >= 15 is 0 Å². The van der Waals surface area contributed by atoms with Gasteiger partial charge >= 0.3 is 6.18 Å². The molecule has 6 atom stereocenters. The molecule has 2 saturated carbocycles. The van der Waals surface area contributed by atoms with Crippen molar-refractivity contribution in [2.75, 3.05) is 6.54 Å². The number of rotatable bonds is 7. The number of aromatic nitrogens is 5. The van der Waals surface area contributed by atoms with Crippen LogP contribution in [0.25, 0.3) is 5.65 Å². The van der Waals surface area contributed by atoms with Gasteiger partial charge in [-0.15, -0.1) is 0 Å². The van der Waals surface area contributed by atoms with E-state index in [1.54, 1.807) is 39.8 Å². The van der Waals surface area contributed by atoms with Gasteiger partial charge in [-0.05, 0) is 68.6 Å². The van der Waals surface area contributed by atoms with Crippen LogP contribution in [0.3, 0.4) is 0 Å². The molecular weight excluding hydrogens is 499 g/mol. The van der Waals surface area contributed by atoms with Gasteiger partial charge in [-0.1, -0.05) is 0 Å². The van der Waals surface area contributed by atoms with Crippen LogP contribution in [-0.4, -0.2) is 48.9 Å². The minimum absolute atomic E-state index is 0.106. The summed E-state index contributed by atoms with van der Waals surface area (Å²) in [5.41, 5.74) is 2.28. The molecule has 38 heavy (non-hydrogen) atoms. The summed E-state index contributed by atoms with van der Waals surface area (Å²) in [7, 11) is 0. The molecule has 2 amide bonds. The van der Waals surface area contributed by atoms with Crippen molar-refractivity contribution in [3.63, 3.8) is 0 Å². The molecule has 2 unspecified atom stereocenters. The molecule has 0 bridgehead atoms. The fourth-order valence-electron chi connectivity index (χ4n) is 6.24. The predicted molar refractivity (Wildman–Crippen MR) is 130 cm³/mol. The van der Waals surface area contributed by atoms with Crippen molar-refractivity contribution in [1.29, 1.82) is 0 Å². The minimum Gasteiger partial charge on any atom is -0.355 e. The van der Waals surface area contributed by atoms with E-state index in [0.717, 1.165) is 12.8 Å². The van der Waals surface area contributed by atoms with Gasteiger partial charge in [0.05, 0.1) is 29.5 Å². The average Bonchev–Trinajstić information content (AvgIpc) is 3.27. The van der Waals surface area contributed by atoms with Crippen LogP contribution in [-0.2, 0) is 17.8 Å². The van der Waals surface area contributed by atoms with Crippen LogP contribution in [0.15, 0.2) is 30.6 Å². The molecule has 0 aromatic carbocycles. The van der Waals surface area contributed by atoms with Gasteiger partial charge in [0.1, 0.15) is 5.69 Å². The zero-order valence-electron chi connectivity index (χ0n) is 21.0. The van der Waals surface area contributed by atoms with Crippen LogP contribution in [0.5, 0.6) is 0 Å². The Morgan fingerprint density at radius 1 is 1.18 bits per heavy atom. The lowest BCUT2D eigenvalue weighted by atomic mass is 9.86. The van der Waals surface area contributed by atoms with Crippen LogP contribution in [0.4, 0.5) is 13.2 Å². The number of nitrogens with zero attached hydrogens (tertiary/aromatic N) is 5. The molecule has 0 radical (unpaired) electrons. The monoisotopic (exact) mass is 529 g/mol. The quantitative estimate of drug-likeness (QED) is 0.489. The number of fused-ring (bicyclic) bond motifs is 2. The minimum atomic E-state index is -4.35. The molecule has 202 valence electrons. The second-order valence-corrected chi connectivity index (χ2v) is 10.9. The maximum absolute atomic E-state index is 13.2. The number of nitrogens with one attached hydrogen (secondary N) is 2. The molecule has 9 nitrogen and oxygen atoms in total. The van der Waals surface area contributed by atoms with E-state index in [-0.39, 0.29) is 43.2 Å². The highest BCUT2D eigenvalue weighted by Gasteiger charge is 2.49. The third-order valence-electron chi connectivity index (χ3n) is 8.38. The first-order valence-electron chi connectivity index (χ1n) is 13.2. The van der Waals surface area contributed by atoms with Gasteiger partial charge in [0.15, 0.2) is 5.65 Å². The molecule has 1 aliphatic heterocycles. The number of hydrogen-bond acceptors (Lipinski definition) is 5. The second kappa shape index (κ2) is 9.39. The number of amides is 2. The molecule has 4 heterocycles. The standard InChI is InChI=1S/C26H30F3N7O2/c1-2-35-21(5-6-31-35)25(38)33-23(16-8-14-7-15(14)9-16)20-13-36-22(32-20)4-3-19(34-36)11-17-10-18(26(27,28)29)12-30-24(17)37/h3-6,13-18,23H,2,7-12H2,1H3,(H,30,37)(H,33,38)/t14-,15+,16?,17?,18-,23-/m1/s1. The Hall–Kier alpha value is -3.44. The number of imidazole rings is 1. The summed E-state index contributed by atoms with van der Waals surface area (Å²) in [6, 6.07) is 4.86. The Balaban J connectivity index is 1.24. The van der Waals surface area contributed by atoms with Crippen molar-refractivity contribution >= 4 is 17.5 Å². The van der Waals surface area contributed by atoms with Gasteiger partial charge in [0.2, 0.25) is 5.91 Å². The highest BCUT2D eigenvalue weighted by atomic mass is 19.4. The molecule has 2 N–H and O–H groups in total. The first kappa shape index (κ1) is 24.9. The van der Waals surface area contributed by atoms with Crippen LogP contribution in [0.2, 0.25) is 0 Å². The van der Waals surface area contributed by atoms with Crippen LogP contribution in [0.1, 0.15) is 60.5 Å². The Labute approximate surface area is 217 Å². The molecule has 3 aliphatic rings. The van der Waals surface area contributed by atoms with E-state index in [0.29, 0.717) is 41.1 Å². The van der Waals surface area contributed by atoms with E-state index in [1.807, 2.05) is 6.92 Å². The number of hydrogen-bond donors (Lipinski definition) is 2. The summed E-state index contributed by atoms with van der Waals surface area (Å²) in [5, 5.41) is 14.4. The molecule has 0 spiro atoms. The predicted octanol–water partition coefficient (Wildman–Crippen LogP) is 3.32. The zero-order chi connectivity index (χ0) is 26.6. The van der Waals surface area contributed by atoms with Crippen molar-refractivity contribution in [3.05, 3.63) is 47.7 Å². The Morgan fingerprint density at radius 3 is 2.71 bits per heavy atom. The lowest BCUT2D eigenvalue weighted by Crippen LogP contribution is -2.47. The van der Waals surface area contributed by atoms with Crippen LogP contribution >= 0.6 is 0 Å². The molecule has 12 heteroatoms. The number of piperidine rings is 1. The second-order valence-electron chi connectivity index (χ2n) is 10.9. The Kier molecular flexibility index (Phi) is 6.14. The lowest BCUT2D eigenvalue weighted by Gasteiger charge is -2.30. The Morgan fingerprint density at radius 2 is 1.97 bits per heavy atom. The topological polar surface area (TPSA) is 106 Å². The van der Waals surface area contributed by atoms with Gasteiger partial charge in [0.25, 0.3) is 5.91 Å². The van der Waals surface area contributed by atoms with Crippen molar-refractivity contribution in [1.82, 2.24) is 35.0 Å². The van der Waals surface area contributed by atoms with Gasteiger partial charge in [0, 0.05) is 31.6 Å². The van der Waals surface area contributed by atoms with Gasteiger partial charge in [-0.3, -0.25) is 14.3 Å². The summed E-state index contributed by atoms with van der Waals surface area (Å²) >= 11 is 0. The molecule has 1 saturated heterocycles. The van der Waals surface area contributed by atoms with Crippen molar-refractivity contribution < 1.29 is 22.8 Å². The third kappa shape index (κ3) is 4.76. The third-order valence-corrected chi connectivity index (χ3v) is 8.38. The first-order chi connectivity index (χ1) is 18.2. The lowest BCUT2D eigenvalue weighted by molar-refractivity contribution is -0.183. The van der Waals surface area contributed by atoms with E-state index in [4.69, 9.17) is 4.98 Å². The normalized spacial score (nSPS) is 27.7. The maximum atomic E-state index is 13.2. The molecule has 2 aliphatic carbocycles. The molecule has 3 fully saturated rings. The zero-order valence-corrected chi connectivity index (χ0v) is 21.0. The van der Waals surface area contributed by atoms with E-state index < -0.39 is 18.0 Å². The fourth-order valence-corrected chi connectivity index (χ4v) is 6.24. The maximum Gasteiger partial charge on any atom is 0.393 e. The number of carbonyl (C=O) groups is 2. The number of aryl methyl sites for hydroxylation is 1. The summed E-state index contributed by atoms with van der Waals surface area (Å²) in [6.45, 7) is 2.13. The highest BCUT2D eigenvalue weighted by molar-refractivity contribution is 5.92. The molecule has 3 aromatic heterocycles. The Bertz CT molecular complexity index is 1360. The summed E-state index contributed by atoms with van der Waals surface area (Å²) < 4.78 is 42.9. The average molecular weight is 530 g/mol. The van der Waals surface area contributed by atoms with Gasteiger partial charge < -0.3 is 10.6 Å².